The number of nitrogens with one attached hydrogen (secondary N) is 2. The molecule has 1 fully saturated rings. The minimum atomic E-state index is -1.22. The number of hydrogen-bond acceptors (Lipinski definition) is 6. The number of aromatic nitrogens is 1. The first-order chi connectivity index (χ1) is 20.1. The monoisotopic (exact) mass is 629 g/mol. The summed E-state index contributed by atoms with van der Waals surface area (Å²) < 4.78 is 0. The Labute approximate surface area is 257 Å². The lowest BCUT2D eigenvalue weighted by Crippen LogP contribution is -2.54. The molecule has 1 saturated heterocycles. The van der Waals surface area contributed by atoms with Gasteiger partial charge >= 0.3 is 12.0 Å². The predicted molar refractivity (Wildman–Crippen MR) is 163 cm³/mol. The van der Waals surface area contributed by atoms with Crippen LogP contribution in [0.3, 0.4) is 0 Å². The average Bonchev–Trinajstić information content (AvgIpc) is 3.47. The van der Waals surface area contributed by atoms with Gasteiger partial charge in [-0.15, -0.1) is 11.8 Å². The highest BCUT2D eigenvalue weighted by atomic mass is 35.5. The molecule has 220 valence electrons. The van der Waals surface area contributed by atoms with Crippen LogP contribution < -0.4 is 10.6 Å². The molecule has 3 aromatic rings. The molecule has 0 bridgehead atoms. The summed E-state index contributed by atoms with van der Waals surface area (Å²) in [5.74, 6) is -1.52. The molecule has 2 heterocycles. The van der Waals surface area contributed by atoms with Crippen LogP contribution in [0.4, 0.5) is 10.5 Å². The van der Waals surface area contributed by atoms with Gasteiger partial charge < -0.3 is 25.5 Å². The molecule has 0 saturated carbocycles. The number of anilines is 1. The summed E-state index contributed by atoms with van der Waals surface area (Å²) >= 11 is 13.6. The summed E-state index contributed by atoms with van der Waals surface area (Å²) in [6, 6.07) is 14.6. The number of benzene rings is 2. The number of likely N-dealkylation sites (N-methyl/N-ethyl adjacent to an activating group) is 1. The highest BCUT2D eigenvalue weighted by molar-refractivity contribution is 7.99. The SMILES string of the molecule is CN(CCc1ccccn1)C(=O)N1CSCC1C(=O)NC(Cc1ccc(NC(=O)c2c(Cl)cccc2Cl)cc1)C(=O)O. The molecule has 2 unspecified atom stereocenters. The number of rotatable bonds is 10. The van der Waals surface area contributed by atoms with Crippen LogP contribution >= 0.6 is 35.0 Å². The van der Waals surface area contributed by atoms with Gasteiger partial charge in [-0.05, 0) is 42.0 Å². The third kappa shape index (κ3) is 7.93. The van der Waals surface area contributed by atoms with E-state index < -0.39 is 29.9 Å². The third-order valence-corrected chi connectivity index (χ3v) is 8.28. The van der Waals surface area contributed by atoms with E-state index in [-0.39, 0.29) is 28.1 Å². The Morgan fingerprint density at radius 3 is 2.43 bits per heavy atom. The lowest BCUT2D eigenvalue weighted by molar-refractivity contribution is -0.142. The molecular formula is C29H29Cl2N5O5S. The van der Waals surface area contributed by atoms with Gasteiger partial charge in [-0.1, -0.05) is 47.5 Å². The van der Waals surface area contributed by atoms with Gasteiger partial charge in [-0.25, -0.2) is 9.59 Å². The van der Waals surface area contributed by atoms with Crippen molar-refractivity contribution in [2.24, 2.45) is 0 Å². The fraction of sp³-hybridized carbons (Fsp3) is 0.276. The number of halogens is 2. The number of aliphatic carboxylic acids is 1. The van der Waals surface area contributed by atoms with Gasteiger partial charge in [0.2, 0.25) is 5.91 Å². The molecule has 1 aliphatic heterocycles. The number of carboxylic acid groups (broad SMARTS) is 1. The first-order valence-corrected chi connectivity index (χ1v) is 14.9. The maximum Gasteiger partial charge on any atom is 0.326 e. The Morgan fingerprint density at radius 2 is 1.79 bits per heavy atom. The van der Waals surface area contributed by atoms with Gasteiger partial charge in [-0.2, -0.15) is 0 Å². The third-order valence-electron chi connectivity index (χ3n) is 6.64. The van der Waals surface area contributed by atoms with Gasteiger partial charge in [0.25, 0.3) is 5.91 Å². The number of carbonyl (C=O) groups is 4. The van der Waals surface area contributed by atoms with Crippen molar-refractivity contribution < 1.29 is 24.3 Å². The van der Waals surface area contributed by atoms with Crippen molar-refractivity contribution in [3.05, 3.63) is 93.7 Å². The van der Waals surface area contributed by atoms with Crippen molar-refractivity contribution in [1.82, 2.24) is 20.1 Å². The summed E-state index contributed by atoms with van der Waals surface area (Å²) in [5.41, 5.74) is 2.09. The molecule has 0 aliphatic carbocycles. The van der Waals surface area contributed by atoms with Crippen LogP contribution in [0, 0.1) is 0 Å². The minimum Gasteiger partial charge on any atom is -0.480 e. The van der Waals surface area contributed by atoms with Crippen molar-refractivity contribution in [3.63, 3.8) is 0 Å². The normalized spacial score (nSPS) is 15.1. The number of amides is 4. The first-order valence-electron chi connectivity index (χ1n) is 13.0. The quantitative estimate of drug-likeness (QED) is 0.302. The predicted octanol–water partition coefficient (Wildman–Crippen LogP) is 4.42. The van der Waals surface area contributed by atoms with E-state index in [0.29, 0.717) is 35.8 Å². The molecule has 10 nitrogen and oxygen atoms in total. The number of urea groups is 1. The summed E-state index contributed by atoms with van der Waals surface area (Å²) in [7, 11) is 1.67. The van der Waals surface area contributed by atoms with E-state index in [1.54, 1.807) is 55.7 Å². The molecule has 1 aromatic heterocycles. The molecule has 13 heteroatoms. The topological polar surface area (TPSA) is 132 Å². The number of pyridine rings is 1. The second-order valence-corrected chi connectivity index (χ2v) is 11.4. The molecule has 1 aliphatic rings. The van der Waals surface area contributed by atoms with Crippen molar-refractivity contribution in [1.29, 1.82) is 0 Å². The Bertz CT molecular complexity index is 1420. The largest absolute Gasteiger partial charge is 0.480 e. The van der Waals surface area contributed by atoms with Crippen LogP contribution in [0.25, 0.3) is 0 Å². The van der Waals surface area contributed by atoms with Gasteiger partial charge in [0, 0.05) is 49.8 Å². The Balaban J connectivity index is 1.34. The van der Waals surface area contributed by atoms with Gasteiger partial charge in [0.1, 0.15) is 12.1 Å². The van der Waals surface area contributed by atoms with Crippen LogP contribution in [0.2, 0.25) is 10.0 Å². The number of hydrogen-bond donors (Lipinski definition) is 3. The van der Waals surface area contributed by atoms with E-state index in [9.17, 15) is 24.3 Å². The lowest BCUT2D eigenvalue weighted by atomic mass is 10.0. The molecule has 2 aromatic carbocycles. The van der Waals surface area contributed by atoms with Gasteiger partial charge in [0.15, 0.2) is 0 Å². The van der Waals surface area contributed by atoms with Crippen LogP contribution in [0.15, 0.2) is 66.9 Å². The van der Waals surface area contributed by atoms with E-state index in [1.165, 1.54) is 21.6 Å². The fourth-order valence-corrected chi connectivity index (χ4v) is 6.04. The van der Waals surface area contributed by atoms with E-state index in [2.05, 4.69) is 15.6 Å². The van der Waals surface area contributed by atoms with Crippen LogP contribution in [0.1, 0.15) is 21.6 Å². The molecule has 0 spiro atoms. The minimum absolute atomic E-state index is 0.00340. The molecule has 2 atom stereocenters. The maximum atomic E-state index is 13.2. The molecule has 0 radical (unpaired) electrons. The van der Waals surface area contributed by atoms with Crippen molar-refractivity contribution >= 4 is 64.5 Å². The average molecular weight is 631 g/mol. The fourth-order valence-electron chi connectivity index (χ4n) is 4.33. The summed E-state index contributed by atoms with van der Waals surface area (Å²) in [4.78, 5) is 58.2. The zero-order valence-corrected chi connectivity index (χ0v) is 25.0. The maximum absolute atomic E-state index is 13.2. The molecule has 4 amide bonds. The van der Waals surface area contributed by atoms with Crippen LogP contribution in [0.5, 0.6) is 0 Å². The Kier molecular flexibility index (Phi) is 10.7. The first kappa shape index (κ1) is 31.1. The van der Waals surface area contributed by atoms with E-state index in [1.807, 2.05) is 18.2 Å². The zero-order chi connectivity index (χ0) is 30.2. The van der Waals surface area contributed by atoms with Gasteiger partial charge in [0.05, 0.1) is 21.5 Å². The molecule has 42 heavy (non-hydrogen) atoms. The zero-order valence-electron chi connectivity index (χ0n) is 22.6. The highest BCUT2D eigenvalue weighted by Crippen LogP contribution is 2.26. The number of carboxylic acids is 1. The number of nitrogens with zero attached hydrogens (tertiary/aromatic N) is 3. The molecule has 3 N–H and O–H groups in total. The summed E-state index contributed by atoms with van der Waals surface area (Å²) in [6.45, 7) is 0.422. The van der Waals surface area contributed by atoms with Gasteiger partial charge in [-0.3, -0.25) is 14.6 Å². The Hall–Kier alpha value is -3.80. The smallest absolute Gasteiger partial charge is 0.326 e. The molecule has 4 rings (SSSR count). The lowest BCUT2D eigenvalue weighted by Gasteiger charge is -2.29. The number of thioether (sulfide) groups is 1. The van der Waals surface area contributed by atoms with E-state index in [0.717, 1.165) is 5.69 Å². The van der Waals surface area contributed by atoms with Crippen molar-refractivity contribution in [3.8, 4) is 0 Å². The van der Waals surface area contributed by atoms with Crippen LogP contribution in [-0.2, 0) is 22.4 Å². The van der Waals surface area contributed by atoms with Crippen LogP contribution in [-0.4, -0.2) is 81.0 Å². The standard InChI is InChI=1S/C29H29Cl2N5O5S/c1-35(14-12-19-5-2-3-13-32-19)29(41)36-17-42-16-24(36)26(37)34-23(28(39)40)15-18-8-10-20(11-9-18)33-27(38)25-21(30)6-4-7-22(25)31/h2-11,13,23-24H,12,14-17H2,1H3,(H,33,38)(H,34,37)(H,39,40). The van der Waals surface area contributed by atoms with Crippen molar-refractivity contribution in [2.75, 3.05) is 30.5 Å². The van der Waals surface area contributed by atoms with E-state index >= 15 is 0 Å². The summed E-state index contributed by atoms with van der Waals surface area (Å²) in [6.07, 6.45) is 2.26. The highest BCUT2D eigenvalue weighted by Gasteiger charge is 2.37. The van der Waals surface area contributed by atoms with Crippen molar-refractivity contribution in [2.45, 2.75) is 24.9 Å². The number of carbonyl (C=O) groups excluding carboxylic acids is 3. The summed E-state index contributed by atoms with van der Waals surface area (Å²) in [5, 5.41) is 15.6. The Morgan fingerprint density at radius 1 is 1.07 bits per heavy atom. The second kappa shape index (κ2) is 14.4. The molecular weight excluding hydrogens is 601 g/mol. The van der Waals surface area contributed by atoms with E-state index in [4.69, 9.17) is 23.2 Å². The second-order valence-electron chi connectivity index (χ2n) is 9.61.